The van der Waals surface area contributed by atoms with Crippen molar-refractivity contribution >= 4 is 21.4 Å². The van der Waals surface area contributed by atoms with Crippen LogP contribution in [0.15, 0.2) is 18.5 Å². The van der Waals surface area contributed by atoms with E-state index >= 15 is 0 Å². The first-order chi connectivity index (χ1) is 9.45. The molecule has 0 spiro atoms. The van der Waals surface area contributed by atoms with Gasteiger partial charge in [-0.25, -0.2) is 8.42 Å². The molecular weight excluding hydrogens is 298 g/mol. The molecule has 1 heterocycles. The van der Waals surface area contributed by atoms with Gasteiger partial charge in [-0.3, -0.25) is 4.98 Å². The van der Waals surface area contributed by atoms with E-state index in [0.29, 0.717) is 18.1 Å². The van der Waals surface area contributed by atoms with Crippen LogP contribution >= 0.6 is 11.6 Å². The van der Waals surface area contributed by atoms with Crippen molar-refractivity contribution in [3.05, 3.63) is 24.0 Å². The lowest BCUT2D eigenvalue weighted by atomic mass is 10.3. The van der Waals surface area contributed by atoms with Crippen LogP contribution in [0.3, 0.4) is 0 Å². The molecule has 0 aliphatic heterocycles. The standard InChI is InChI=1S/C14H18ClNO3S/c1-12(2)20(17,18)8-7-19-14-9-13(10-16-11-14)5-3-4-6-15/h9-12H,4,6-8H2,1-2H3. The van der Waals surface area contributed by atoms with Gasteiger partial charge < -0.3 is 4.74 Å². The van der Waals surface area contributed by atoms with E-state index in [0.717, 1.165) is 5.56 Å². The summed E-state index contributed by atoms with van der Waals surface area (Å²) in [6.07, 6.45) is 3.77. The number of halogens is 1. The summed E-state index contributed by atoms with van der Waals surface area (Å²) < 4.78 is 28.7. The van der Waals surface area contributed by atoms with Gasteiger partial charge in [0.2, 0.25) is 0 Å². The molecule has 0 bridgehead atoms. The van der Waals surface area contributed by atoms with E-state index in [1.54, 1.807) is 26.1 Å². The number of hydrogen-bond donors (Lipinski definition) is 0. The molecule has 4 nitrogen and oxygen atoms in total. The maximum atomic E-state index is 11.6. The fourth-order valence-corrected chi connectivity index (χ4v) is 2.17. The van der Waals surface area contributed by atoms with Gasteiger partial charge in [0.05, 0.1) is 17.2 Å². The number of sulfone groups is 1. The highest BCUT2D eigenvalue weighted by Crippen LogP contribution is 2.11. The Kier molecular flexibility index (Phi) is 6.83. The molecular formula is C14H18ClNO3S. The Labute approximate surface area is 125 Å². The molecule has 0 aromatic carbocycles. The second-order valence-electron chi connectivity index (χ2n) is 4.41. The van der Waals surface area contributed by atoms with Crippen molar-refractivity contribution in [1.29, 1.82) is 0 Å². The molecule has 0 aliphatic rings. The quantitative estimate of drug-likeness (QED) is 0.597. The predicted molar refractivity (Wildman–Crippen MR) is 80.9 cm³/mol. The molecule has 0 atom stereocenters. The van der Waals surface area contributed by atoms with Crippen LogP contribution in [-0.4, -0.2) is 36.9 Å². The third kappa shape index (κ3) is 5.81. The summed E-state index contributed by atoms with van der Waals surface area (Å²) in [5, 5.41) is -0.392. The van der Waals surface area contributed by atoms with E-state index in [-0.39, 0.29) is 12.4 Å². The molecule has 1 rings (SSSR count). The molecule has 6 heteroatoms. The second kappa shape index (κ2) is 8.13. The molecule has 0 saturated heterocycles. The van der Waals surface area contributed by atoms with Crippen LogP contribution in [-0.2, 0) is 9.84 Å². The SMILES string of the molecule is CC(C)S(=O)(=O)CCOc1cncc(C#CCCCl)c1. The Bertz CT molecular complexity index is 588. The molecule has 0 saturated carbocycles. The largest absolute Gasteiger partial charge is 0.491 e. The first-order valence-electron chi connectivity index (χ1n) is 6.30. The fourth-order valence-electron chi connectivity index (χ4n) is 1.29. The Morgan fingerprint density at radius 1 is 1.40 bits per heavy atom. The van der Waals surface area contributed by atoms with Gasteiger partial charge in [0.25, 0.3) is 0 Å². The third-order valence-electron chi connectivity index (χ3n) is 2.52. The Morgan fingerprint density at radius 2 is 2.15 bits per heavy atom. The topological polar surface area (TPSA) is 56.3 Å². The Hall–Kier alpha value is -1.25. The second-order valence-corrected chi connectivity index (χ2v) is 7.47. The smallest absolute Gasteiger partial charge is 0.155 e. The van der Waals surface area contributed by atoms with Crippen molar-refractivity contribution in [3.8, 4) is 17.6 Å². The van der Waals surface area contributed by atoms with Crippen LogP contribution in [0.5, 0.6) is 5.75 Å². The summed E-state index contributed by atoms with van der Waals surface area (Å²) in [6, 6.07) is 1.73. The zero-order chi connectivity index (χ0) is 15.0. The van der Waals surface area contributed by atoms with Gasteiger partial charge in [0.15, 0.2) is 9.84 Å². The van der Waals surface area contributed by atoms with Gasteiger partial charge in [0, 0.05) is 24.1 Å². The molecule has 1 aromatic rings. The molecule has 0 amide bonds. The van der Waals surface area contributed by atoms with E-state index in [4.69, 9.17) is 16.3 Å². The lowest BCUT2D eigenvalue weighted by Crippen LogP contribution is -2.22. The van der Waals surface area contributed by atoms with Gasteiger partial charge in [-0.2, -0.15) is 0 Å². The highest BCUT2D eigenvalue weighted by molar-refractivity contribution is 7.91. The molecule has 110 valence electrons. The summed E-state index contributed by atoms with van der Waals surface area (Å²) in [5.74, 6) is 6.81. The average molecular weight is 316 g/mol. The van der Waals surface area contributed by atoms with Crippen LogP contribution in [0.1, 0.15) is 25.8 Å². The summed E-state index contributed by atoms with van der Waals surface area (Å²) >= 11 is 5.54. The number of hydrogen-bond acceptors (Lipinski definition) is 4. The Morgan fingerprint density at radius 3 is 2.80 bits per heavy atom. The zero-order valence-electron chi connectivity index (χ0n) is 11.6. The maximum absolute atomic E-state index is 11.6. The fraction of sp³-hybridized carbons (Fsp3) is 0.500. The van der Waals surface area contributed by atoms with Gasteiger partial charge >= 0.3 is 0 Å². The highest BCUT2D eigenvalue weighted by atomic mass is 35.5. The zero-order valence-corrected chi connectivity index (χ0v) is 13.2. The van der Waals surface area contributed by atoms with Crippen molar-refractivity contribution in [2.24, 2.45) is 0 Å². The maximum Gasteiger partial charge on any atom is 0.155 e. The van der Waals surface area contributed by atoms with E-state index in [1.165, 1.54) is 6.20 Å². The highest BCUT2D eigenvalue weighted by Gasteiger charge is 2.15. The minimum Gasteiger partial charge on any atom is -0.491 e. The van der Waals surface area contributed by atoms with Crippen LogP contribution in [0.2, 0.25) is 0 Å². The number of nitrogens with zero attached hydrogens (tertiary/aromatic N) is 1. The lowest BCUT2D eigenvalue weighted by molar-refractivity contribution is 0.339. The van der Waals surface area contributed by atoms with Gasteiger partial charge in [0.1, 0.15) is 12.4 Å². The van der Waals surface area contributed by atoms with Gasteiger partial charge in [-0.15, -0.1) is 11.6 Å². The normalized spacial score (nSPS) is 11.0. The molecule has 0 fully saturated rings. The van der Waals surface area contributed by atoms with E-state index in [1.807, 2.05) is 0 Å². The van der Waals surface area contributed by atoms with Crippen molar-refractivity contribution in [1.82, 2.24) is 4.98 Å². The van der Waals surface area contributed by atoms with Crippen molar-refractivity contribution < 1.29 is 13.2 Å². The first-order valence-corrected chi connectivity index (χ1v) is 8.55. The summed E-state index contributed by atoms with van der Waals surface area (Å²) in [5.41, 5.74) is 0.722. The van der Waals surface area contributed by atoms with E-state index in [9.17, 15) is 8.42 Å². The minimum atomic E-state index is -3.08. The lowest BCUT2D eigenvalue weighted by Gasteiger charge is -2.09. The van der Waals surface area contributed by atoms with Crippen LogP contribution in [0.4, 0.5) is 0 Å². The molecule has 0 N–H and O–H groups in total. The Balaban J connectivity index is 2.58. The minimum absolute atomic E-state index is 0.00712. The number of pyridine rings is 1. The molecule has 0 unspecified atom stereocenters. The van der Waals surface area contributed by atoms with E-state index < -0.39 is 15.1 Å². The van der Waals surface area contributed by atoms with Crippen molar-refractivity contribution in [2.45, 2.75) is 25.5 Å². The number of alkyl halides is 1. The van der Waals surface area contributed by atoms with Gasteiger partial charge in [-0.05, 0) is 19.9 Å². The molecule has 0 aliphatic carbocycles. The average Bonchev–Trinajstić information content (AvgIpc) is 2.39. The van der Waals surface area contributed by atoms with Crippen molar-refractivity contribution in [2.75, 3.05) is 18.2 Å². The molecule has 0 radical (unpaired) electrons. The number of aromatic nitrogens is 1. The summed E-state index contributed by atoms with van der Waals surface area (Å²) in [4.78, 5) is 4.00. The van der Waals surface area contributed by atoms with Crippen LogP contribution < -0.4 is 4.74 Å². The monoisotopic (exact) mass is 315 g/mol. The first kappa shape index (κ1) is 16.8. The van der Waals surface area contributed by atoms with Crippen LogP contribution in [0.25, 0.3) is 0 Å². The predicted octanol–water partition coefficient (Wildman–Crippen LogP) is 2.26. The number of rotatable bonds is 6. The molecule has 1 aromatic heterocycles. The summed E-state index contributed by atoms with van der Waals surface area (Å²) in [6.45, 7) is 3.43. The summed E-state index contributed by atoms with van der Waals surface area (Å²) in [7, 11) is -3.08. The van der Waals surface area contributed by atoms with Crippen molar-refractivity contribution in [3.63, 3.8) is 0 Å². The third-order valence-corrected chi connectivity index (χ3v) is 4.88. The molecule has 20 heavy (non-hydrogen) atoms. The number of ether oxygens (including phenoxy) is 1. The van der Waals surface area contributed by atoms with Gasteiger partial charge in [-0.1, -0.05) is 11.8 Å². The van der Waals surface area contributed by atoms with E-state index in [2.05, 4.69) is 16.8 Å². The van der Waals surface area contributed by atoms with Crippen LogP contribution in [0, 0.1) is 11.8 Å².